The summed E-state index contributed by atoms with van der Waals surface area (Å²) in [4.78, 5) is 25.7. The zero-order valence-electron chi connectivity index (χ0n) is 19.0. The molecule has 36 heavy (non-hydrogen) atoms. The van der Waals surface area contributed by atoms with Gasteiger partial charge in [0.2, 0.25) is 11.6 Å². The molecule has 14 heteroatoms. The molecule has 0 unspecified atom stereocenters. The van der Waals surface area contributed by atoms with Crippen molar-refractivity contribution in [2.24, 2.45) is 5.10 Å². The van der Waals surface area contributed by atoms with Crippen LogP contribution >= 0.6 is 0 Å². The van der Waals surface area contributed by atoms with Crippen molar-refractivity contribution in [1.82, 2.24) is 30.7 Å². The monoisotopic (exact) mass is 491 g/mol. The number of aromatic nitrogens is 5. The van der Waals surface area contributed by atoms with E-state index in [-0.39, 0.29) is 23.9 Å². The summed E-state index contributed by atoms with van der Waals surface area (Å²) in [5.74, 6) is -1.40. The Morgan fingerprint density at radius 1 is 1.19 bits per heavy atom. The average molecular weight is 491 g/mol. The van der Waals surface area contributed by atoms with Gasteiger partial charge in [0.1, 0.15) is 5.75 Å². The van der Waals surface area contributed by atoms with E-state index in [2.05, 4.69) is 35.8 Å². The van der Waals surface area contributed by atoms with E-state index in [1.807, 2.05) is 42.3 Å². The minimum atomic E-state index is -1.12. The molecule has 14 nitrogen and oxygen atoms in total. The highest BCUT2D eigenvalue weighted by Crippen LogP contribution is 2.20. The van der Waals surface area contributed by atoms with Gasteiger partial charge < -0.3 is 20.5 Å². The predicted octanol–water partition coefficient (Wildman–Crippen LogP) is 1.10. The maximum Gasteiger partial charge on any atom is 0.341 e. The zero-order valence-corrected chi connectivity index (χ0v) is 19.0. The van der Waals surface area contributed by atoms with Crippen LogP contribution in [0, 0.1) is 0 Å². The Bertz CT molecular complexity index is 1380. The minimum Gasteiger partial charge on any atom is -0.481 e. The van der Waals surface area contributed by atoms with Gasteiger partial charge >= 0.3 is 5.97 Å². The number of nitrogen functional groups attached to an aromatic ring is 1. The summed E-state index contributed by atoms with van der Waals surface area (Å²) in [6.45, 7) is -0.305. The van der Waals surface area contributed by atoms with Crippen LogP contribution in [0.25, 0.3) is 5.82 Å². The molecular weight excluding hydrogens is 470 g/mol. The Balaban J connectivity index is 1.57. The van der Waals surface area contributed by atoms with Crippen LogP contribution in [0.4, 0.5) is 11.5 Å². The first-order valence-corrected chi connectivity index (χ1v) is 10.5. The molecule has 0 spiro atoms. The molecule has 0 aliphatic rings. The van der Waals surface area contributed by atoms with E-state index in [9.17, 15) is 9.59 Å². The first-order valence-electron chi connectivity index (χ1n) is 10.5. The van der Waals surface area contributed by atoms with Gasteiger partial charge in [-0.05, 0) is 34.6 Å². The van der Waals surface area contributed by atoms with E-state index in [0.29, 0.717) is 17.0 Å². The lowest BCUT2D eigenvalue weighted by Gasteiger charge is -2.19. The summed E-state index contributed by atoms with van der Waals surface area (Å²) in [5.41, 5.74) is 9.92. The molecule has 2 heterocycles. The number of aliphatic carboxylic acids is 1. The van der Waals surface area contributed by atoms with Crippen LogP contribution in [0.2, 0.25) is 0 Å². The summed E-state index contributed by atoms with van der Waals surface area (Å²) in [6.07, 6.45) is 1.33. The van der Waals surface area contributed by atoms with Crippen LogP contribution in [-0.2, 0) is 11.3 Å². The van der Waals surface area contributed by atoms with Crippen LogP contribution in [0.15, 0.2) is 64.3 Å². The number of hydrogen-bond donors (Lipinski definition) is 3. The quantitative estimate of drug-likeness (QED) is 0.213. The van der Waals surface area contributed by atoms with Crippen molar-refractivity contribution < 1.29 is 24.1 Å². The van der Waals surface area contributed by atoms with Gasteiger partial charge in [-0.3, -0.25) is 4.79 Å². The number of carboxylic acids is 1. The second-order valence-electron chi connectivity index (χ2n) is 7.38. The summed E-state index contributed by atoms with van der Waals surface area (Å²) in [6, 6.07) is 16.1. The van der Waals surface area contributed by atoms with Gasteiger partial charge in [-0.2, -0.15) is 9.78 Å². The first kappa shape index (κ1) is 23.9. The molecular formula is C22H21N9O5. The van der Waals surface area contributed by atoms with Crippen molar-refractivity contribution in [3.05, 3.63) is 71.5 Å². The molecule has 1 amide bonds. The summed E-state index contributed by atoms with van der Waals surface area (Å²) in [5, 5.41) is 28.1. The fourth-order valence-corrected chi connectivity index (χ4v) is 3.20. The number of carbonyl (C=O) groups excluding carboxylic acids is 1. The highest BCUT2D eigenvalue weighted by Gasteiger charge is 2.25. The fourth-order valence-electron chi connectivity index (χ4n) is 3.20. The van der Waals surface area contributed by atoms with Gasteiger partial charge in [0.15, 0.2) is 12.3 Å². The average Bonchev–Trinajstić information content (AvgIpc) is 3.49. The predicted molar refractivity (Wildman–Crippen MR) is 127 cm³/mol. The fraction of sp³-hybridized carbons (Fsp3) is 0.136. The maximum absolute atomic E-state index is 13.0. The van der Waals surface area contributed by atoms with Crippen molar-refractivity contribution in [3.63, 3.8) is 0 Å². The highest BCUT2D eigenvalue weighted by molar-refractivity contribution is 5.94. The maximum atomic E-state index is 13.0. The SMILES string of the molecule is CN(Cc1c(C(=O)N/N=C/c2ccccc2OCC(=O)O)nnn1-c1nonc1N)c1ccccc1. The second-order valence-corrected chi connectivity index (χ2v) is 7.38. The molecule has 0 saturated heterocycles. The molecule has 0 bridgehead atoms. The van der Waals surface area contributed by atoms with Gasteiger partial charge in [-0.25, -0.2) is 14.8 Å². The van der Waals surface area contributed by atoms with Crippen LogP contribution in [0.1, 0.15) is 21.7 Å². The van der Waals surface area contributed by atoms with E-state index >= 15 is 0 Å². The van der Waals surface area contributed by atoms with Crippen molar-refractivity contribution in [1.29, 1.82) is 0 Å². The number of hydrazone groups is 1. The van der Waals surface area contributed by atoms with E-state index in [1.165, 1.54) is 10.9 Å². The summed E-state index contributed by atoms with van der Waals surface area (Å²) in [7, 11) is 1.84. The van der Waals surface area contributed by atoms with Crippen molar-refractivity contribution in [2.75, 3.05) is 24.3 Å². The summed E-state index contributed by atoms with van der Waals surface area (Å²) >= 11 is 0. The lowest BCUT2D eigenvalue weighted by atomic mass is 10.2. The summed E-state index contributed by atoms with van der Waals surface area (Å²) < 4.78 is 11.2. The van der Waals surface area contributed by atoms with Gasteiger partial charge in [0.25, 0.3) is 5.91 Å². The van der Waals surface area contributed by atoms with Gasteiger partial charge in [-0.15, -0.1) is 5.10 Å². The Kier molecular flexibility index (Phi) is 7.14. The van der Waals surface area contributed by atoms with E-state index in [4.69, 9.17) is 15.6 Å². The Morgan fingerprint density at radius 2 is 1.94 bits per heavy atom. The molecule has 4 rings (SSSR count). The molecule has 0 atom stereocenters. The number of ether oxygens (including phenoxy) is 1. The third-order valence-electron chi connectivity index (χ3n) is 4.90. The van der Waals surface area contributed by atoms with Gasteiger partial charge in [0.05, 0.1) is 18.5 Å². The molecule has 184 valence electrons. The van der Waals surface area contributed by atoms with Crippen LogP contribution in [-0.4, -0.2) is 62.2 Å². The van der Waals surface area contributed by atoms with E-state index in [0.717, 1.165) is 5.69 Å². The van der Waals surface area contributed by atoms with Crippen molar-refractivity contribution in [3.8, 4) is 11.6 Å². The van der Waals surface area contributed by atoms with Crippen LogP contribution in [0.3, 0.4) is 0 Å². The number of carboxylic acid groups (broad SMARTS) is 1. The number of nitrogens with two attached hydrogens (primary N) is 1. The second kappa shape index (κ2) is 10.8. The highest BCUT2D eigenvalue weighted by atomic mass is 16.6. The molecule has 0 fully saturated rings. The normalized spacial score (nSPS) is 10.9. The van der Waals surface area contributed by atoms with Crippen molar-refractivity contribution >= 4 is 29.6 Å². The molecule has 2 aromatic carbocycles. The van der Waals surface area contributed by atoms with E-state index < -0.39 is 18.5 Å². The smallest absolute Gasteiger partial charge is 0.341 e. The number of nitrogens with one attached hydrogen (secondary N) is 1. The molecule has 4 N–H and O–H groups in total. The zero-order chi connectivity index (χ0) is 25.5. The Hall–Kier alpha value is -5.27. The first-order chi connectivity index (χ1) is 17.4. The minimum absolute atomic E-state index is 0.0206. The number of nitrogens with zero attached hydrogens (tertiary/aromatic N) is 7. The molecule has 0 saturated carbocycles. The molecule has 0 radical (unpaired) electrons. The van der Waals surface area contributed by atoms with Gasteiger partial charge in [0, 0.05) is 18.3 Å². The number of amides is 1. The number of anilines is 2. The third kappa shape index (κ3) is 5.44. The number of carbonyl (C=O) groups is 2. The van der Waals surface area contributed by atoms with Crippen LogP contribution < -0.4 is 20.8 Å². The number of benzene rings is 2. The number of rotatable bonds is 10. The topological polar surface area (TPSA) is 187 Å². The van der Waals surface area contributed by atoms with Gasteiger partial charge in [-0.1, -0.05) is 35.5 Å². The molecule has 4 aromatic rings. The largest absolute Gasteiger partial charge is 0.481 e. The molecule has 2 aromatic heterocycles. The molecule has 0 aliphatic carbocycles. The third-order valence-corrected chi connectivity index (χ3v) is 4.90. The Labute approximate surface area is 203 Å². The number of hydrogen-bond acceptors (Lipinski definition) is 11. The standard InChI is InChI=1S/C22H21N9O5/c1-30(15-8-3-2-4-9-15)12-16-19(25-29-31(16)21-20(23)27-36-28-21)22(34)26-24-11-14-7-5-6-10-17(14)35-13-18(32)33/h2-11H,12-13H2,1H3,(H2,23,27)(H,26,34)(H,32,33)/b24-11+. The lowest BCUT2D eigenvalue weighted by molar-refractivity contribution is -0.139. The molecule has 0 aliphatic heterocycles. The lowest BCUT2D eigenvalue weighted by Crippen LogP contribution is -2.24. The van der Waals surface area contributed by atoms with E-state index in [1.54, 1.807) is 24.3 Å². The van der Waals surface area contributed by atoms with Crippen molar-refractivity contribution in [2.45, 2.75) is 6.54 Å². The Morgan fingerprint density at radius 3 is 2.67 bits per heavy atom. The number of para-hydroxylation sites is 2. The van der Waals surface area contributed by atoms with Crippen LogP contribution in [0.5, 0.6) is 5.75 Å².